The molecule has 1 rings (SSSR count). The van der Waals surface area contributed by atoms with Crippen molar-refractivity contribution in [2.45, 2.75) is 44.4 Å². The van der Waals surface area contributed by atoms with Gasteiger partial charge in [-0.05, 0) is 33.2 Å². The highest BCUT2D eigenvalue weighted by molar-refractivity contribution is 7.80. The van der Waals surface area contributed by atoms with Gasteiger partial charge in [0.05, 0.1) is 10.6 Å². The van der Waals surface area contributed by atoms with E-state index in [4.69, 9.17) is 5.73 Å². The van der Waals surface area contributed by atoms with Gasteiger partial charge >= 0.3 is 0 Å². The summed E-state index contributed by atoms with van der Waals surface area (Å²) in [6.45, 7) is 5.56. The number of aryl methyl sites for hydroxylation is 2. The molecule has 0 aliphatic rings. The van der Waals surface area contributed by atoms with Gasteiger partial charge in [-0.1, -0.05) is 12.8 Å². The molecule has 0 bridgehead atoms. The fourth-order valence-corrected chi connectivity index (χ4v) is 1.84. The van der Waals surface area contributed by atoms with Crippen molar-refractivity contribution >= 4 is 18.4 Å². The van der Waals surface area contributed by atoms with Gasteiger partial charge in [0.25, 0.3) is 0 Å². The highest BCUT2D eigenvalue weighted by atomic mass is 32.1. The van der Waals surface area contributed by atoms with Gasteiger partial charge in [0, 0.05) is 6.54 Å². The molecule has 0 unspecified atom stereocenters. The molecule has 0 aliphatic heterocycles. The van der Waals surface area contributed by atoms with Gasteiger partial charge in [0.15, 0.2) is 0 Å². The number of thiol groups is 1. The number of rotatable bonds is 7. The Hall–Kier alpha value is -0.810. The summed E-state index contributed by atoms with van der Waals surface area (Å²) in [4.78, 5) is 9.46. The predicted octanol–water partition coefficient (Wildman–Crippen LogP) is 2.31. The summed E-state index contributed by atoms with van der Waals surface area (Å²) in [7, 11) is 0. The second kappa shape index (κ2) is 7.50. The Morgan fingerprint density at radius 2 is 1.82 bits per heavy atom. The molecule has 5 heteroatoms. The molecule has 0 saturated carbocycles. The van der Waals surface area contributed by atoms with E-state index in [2.05, 4.69) is 27.9 Å². The van der Waals surface area contributed by atoms with Gasteiger partial charge < -0.3 is 11.1 Å². The Balaban J connectivity index is 2.36. The number of unbranched alkanes of at least 4 members (excludes halogenated alkanes) is 3. The van der Waals surface area contributed by atoms with Gasteiger partial charge in [-0.2, -0.15) is 0 Å². The van der Waals surface area contributed by atoms with Crippen LogP contribution >= 0.6 is 12.6 Å². The van der Waals surface area contributed by atoms with Gasteiger partial charge in [0.1, 0.15) is 11.6 Å². The van der Waals surface area contributed by atoms with E-state index in [1.165, 1.54) is 12.8 Å². The van der Waals surface area contributed by atoms with Gasteiger partial charge in [-0.25, -0.2) is 9.97 Å². The molecule has 1 aromatic rings. The van der Waals surface area contributed by atoms with E-state index < -0.39 is 0 Å². The average molecular weight is 254 g/mol. The first-order chi connectivity index (χ1) is 8.15. The number of nitrogens with one attached hydrogen (secondary N) is 1. The van der Waals surface area contributed by atoms with E-state index in [1.807, 2.05) is 13.8 Å². The number of nitrogens with two attached hydrogens (primary N) is 1. The number of anilines is 1. The minimum absolute atomic E-state index is 0.783. The largest absolute Gasteiger partial charge is 0.369 e. The fourth-order valence-electron chi connectivity index (χ4n) is 1.66. The molecule has 0 aromatic carbocycles. The van der Waals surface area contributed by atoms with E-state index in [0.29, 0.717) is 0 Å². The molecule has 3 N–H and O–H groups in total. The monoisotopic (exact) mass is 254 g/mol. The predicted molar refractivity (Wildman–Crippen MR) is 74.8 cm³/mol. The van der Waals surface area contributed by atoms with Crippen molar-refractivity contribution in [3.63, 3.8) is 0 Å². The van der Waals surface area contributed by atoms with Crippen LogP contribution < -0.4 is 11.1 Å². The first-order valence-electron chi connectivity index (χ1n) is 6.13. The molecule has 96 valence electrons. The molecule has 0 fully saturated rings. The molecule has 1 aromatic heterocycles. The molecule has 0 saturated heterocycles. The molecule has 1 heterocycles. The Morgan fingerprint density at radius 3 is 2.53 bits per heavy atom. The van der Waals surface area contributed by atoms with Crippen LogP contribution in [0.4, 0.5) is 5.82 Å². The maximum absolute atomic E-state index is 5.44. The van der Waals surface area contributed by atoms with Crippen LogP contribution in [0.5, 0.6) is 0 Å². The minimum atomic E-state index is 0.783. The molecule has 17 heavy (non-hydrogen) atoms. The molecular formula is C12H22N4S. The second-order valence-electron chi connectivity index (χ2n) is 4.18. The Kier molecular flexibility index (Phi) is 6.29. The summed E-state index contributed by atoms with van der Waals surface area (Å²) >= 11 is 4.41. The lowest BCUT2D eigenvalue weighted by atomic mass is 10.2. The third-order valence-electron chi connectivity index (χ3n) is 2.59. The van der Waals surface area contributed by atoms with Gasteiger partial charge in [-0.3, -0.25) is 0 Å². The third kappa shape index (κ3) is 4.91. The lowest BCUT2D eigenvalue weighted by molar-refractivity contribution is 0.660. The van der Waals surface area contributed by atoms with E-state index in [-0.39, 0.29) is 0 Å². The summed E-state index contributed by atoms with van der Waals surface area (Å²) in [5.41, 5.74) is 6.37. The molecular weight excluding hydrogens is 232 g/mol. The van der Waals surface area contributed by atoms with Crippen LogP contribution in [0.2, 0.25) is 0 Å². The SMILES string of the molecule is Cc1nc(C)c(S)c(NCCCCCCN)n1. The topological polar surface area (TPSA) is 63.8 Å². The van der Waals surface area contributed by atoms with Crippen LogP contribution in [0.15, 0.2) is 4.90 Å². The van der Waals surface area contributed by atoms with Crippen molar-refractivity contribution in [1.29, 1.82) is 0 Å². The maximum atomic E-state index is 5.44. The Bertz CT molecular complexity index is 355. The number of aromatic nitrogens is 2. The number of hydrogen-bond donors (Lipinski definition) is 3. The second-order valence-corrected chi connectivity index (χ2v) is 4.63. The van der Waals surface area contributed by atoms with Crippen molar-refractivity contribution < 1.29 is 0 Å². The van der Waals surface area contributed by atoms with Gasteiger partial charge in [0.2, 0.25) is 0 Å². The van der Waals surface area contributed by atoms with E-state index in [1.54, 1.807) is 0 Å². The summed E-state index contributed by atoms with van der Waals surface area (Å²) in [6, 6.07) is 0. The van der Waals surface area contributed by atoms with E-state index in [9.17, 15) is 0 Å². The lowest BCUT2D eigenvalue weighted by Gasteiger charge is -2.10. The standard InChI is InChI=1S/C12H22N4S/c1-9-11(17)12(16-10(2)15-9)14-8-6-4-3-5-7-13/h17H,3-8,13H2,1-2H3,(H,14,15,16). The number of nitrogens with zero attached hydrogens (tertiary/aromatic N) is 2. The van der Waals surface area contributed by atoms with E-state index >= 15 is 0 Å². The highest BCUT2D eigenvalue weighted by Gasteiger charge is 2.05. The Labute approximate surface area is 109 Å². The van der Waals surface area contributed by atoms with Crippen LogP contribution in [-0.4, -0.2) is 23.1 Å². The summed E-state index contributed by atoms with van der Waals surface area (Å²) < 4.78 is 0. The van der Waals surface area contributed by atoms with Crippen molar-refractivity contribution in [1.82, 2.24) is 9.97 Å². The minimum Gasteiger partial charge on any atom is -0.369 e. The average Bonchev–Trinajstić information content (AvgIpc) is 2.29. The molecule has 0 amide bonds. The van der Waals surface area contributed by atoms with Crippen LogP contribution in [0, 0.1) is 13.8 Å². The molecule has 4 nitrogen and oxygen atoms in total. The number of hydrogen-bond acceptors (Lipinski definition) is 5. The van der Waals surface area contributed by atoms with Crippen LogP contribution in [-0.2, 0) is 0 Å². The molecule has 0 atom stereocenters. The van der Waals surface area contributed by atoms with Gasteiger partial charge in [-0.15, -0.1) is 12.6 Å². The quantitative estimate of drug-likeness (QED) is 0.516. The zero-order valence-electron chi connectivity index (χ0n) is 10.7. The third-order valence-corrected chi connectivity index (χ3v) is 3.13. The van der Waals surface area contributed by atoms with E-state index in [0.717, 1.165) is 48.2 Å². The van der Waals surface area contributed by atoms with Crippen LogP contribution in [0.1, 0.15) is 37.2 Å². The van der Waals surface area contributed by atoms with Crippen molar-refractivity contribution in [3.05, 3.63) is 11.5 Å². The zero-order valence-corrected chi connectivity index (χ0v) is 11.6. The maximum Gasteiger partial charge on any atom is 0.143 e. The molecule has 0 radical (unpaired) electrons. The Morgan fingerprint density at radius 1 is 1.12 bits per heavy atom. The first kappa shape index (κ1) is 14.3. The summed E-state index contributed by atoms with van der Waals surface area (Å²) in [5.74, 6) is 1.63. The first-order valence-corrected chi connectivity index (χ1v) is 6.58. The fraction of sp³-hybridized carbons (Fsp3) is 0.667. The zero-order chi connectivity index (χ0) is 12.7. The van der Waals surface area contributed by atoms with Crippen molar-refractivity contribution in [2.75, 3.05) is 18.4 Å². The van der Waals surface area contributed by atoms with Crippen LogP contribution in [0.3, 0.4) is 0 Å². The lowest BCUT2D eigenvalue weighted by Crippen LogP contribution is -2.07. The molecule has 0 spiro atoms. The summed E-state index contributed by atoms with van der Waals surface area (Å²) in [6.07, 6.45) is 4.65. The van der Waals surface area contributed by atoms with Crippen molar-refractivity contribution in [2.24, 2.45) is 5.73 Å². The molecule has 0 aliphatic carbocycles. The van der Waals surface area contributed by atoms with Crippen molar-refractivity contribution in [3.8, 4) is 0 Å². The van der Waals surface area contributed by atoms with Crippen LogP contribution in [0.25, 0.3) is 0 Å². The summed E-state index contributed by atoms with van der Waals surface area (Å²) in [5, 5.41) is 3.31. The smallest absolute Gasteiger partial charge is 0.143 e. The normalized spacial score (nSPS) is 10.6. The highest BCUT2D eigenvalue weighted by Crippen LogP contribution is 2.20.